The highest BCUT2D eigenvalue weighted by atomic mass is 16.3. The molecule has 25 heavy (non-hydrogen) atoms. The van der Waals surface area contributed by atoms with Crippen molar-refractivity contribution in [2.24, 2.45) is 5.92 Å². The van der Waals surface area contributed by atoms with Gasteiger partial charge in [-0.15, -0.1) is 0 Å². The van der Waals surface area contributed by atoms with Gasteiger partial charge in [0, 0.05) is 23.6 Å². The van der Waals surface area contributed by atoms with Crippen LogP contribution in [0.4, 0.5) is 0 Å². The summed E-state index contributed by atoms with van der Waals surface area (Å²) >= 11 is 0. The third kappa shape index (κ3) is 2.52. The molecule has 1 aromatic carbocycles. The topological polar surface area (TPSA) is 36.6 Å². The summed E-state index contributed by atoms with van der Waals surface area (Å²) in [4.78, 5) is 2.68. The maximum absolute atomic E-state index is 10.1. The van der Waals surface area contributed by atoms with Gasteiger partial charge >= 0.3 is 0 Å². The number of likely N-dealkylation sites (tertiary alicyclic amines) is 1. The number of phenols is 1. The van der Waals surface area contributed by atoms with Gasteiger partial charge in [-0.1, -0.05) is 26.3 Å². The average molecular weight is 339 g/mol. The zero-order valence-electron chi connectivity index (χ0n) is 15.6. The van der Waals surface area contributed by atoms with Crippen LogP contribution in [0.3, 0.4) is 0 Å². The number of aromatic hydroxyl groups is 1. The molecule has 3 heteroatoms. The highest BCUT2D eigenvalue weighted by Gasteiger charge is 2.51. The summed E-state index contributed by atoms with van der Waals surface area (Å²) in [6.07, 6.45) is 6.41. The molecule has 1 saturated heterocycles. The van der Waals surface area contributed by atoms with Crippen molar-refractivity contribution in [3.05, 3.63) is 53.0 Å². The van der Waals surface area contributed by atoms with Crippen LogP contribution < -0.4 is 0 Å². The van der Waals surface area contributed by atoms with Crippen molar-refractivity contribution in [2.75, 3.05) is 6.54 Å². The molecule has 0 spiro atoms. The first-order chi connectivity index (χ1) is 12.1. The van der Waals surface area contributed by atoms with Gasteiger partial charge in [-0.2, -0.15) is 0 Å². The van der Waals surface area contributed by atoms with E-state index in [0.29, 0.717) is 17.7 Å². The minimum Gasteiger partial charge on any atom is -0.508 e. The lowest BCUT2D eigenvalue weighted by molar-refractivity contribution is 0.00399. The van der Waals surface area contributed by atoms with Gasteiger partial charge in [-0.25, -0.2) is 0 Å². The number of phenolic OH excluding ortho intramolecular Hbond substituents is 1. The lowest BCUT2D eigenvalue weighted by Gasteiger charge is -2.57. The van der Waals surface area contributed by atoms with E-state index in [9.17, 15) is 5.11 Å². The fourth-order valence-corrected chi connectivity index (χ4v) is 5.64. The van der Waals surface area contributed by atoms with Crippen LogP contribution in [0.2, 0.25) is 0 Å². The van der Waals surface area contributed by atoms with Gasteiger partial charge in [0.2, 0.25) is 0 Å². The maximum Gasteiger partial charge on any atom is 0.115 e. The van der Waals surface area contributed by atoms with Crippen LogP contribution in [0.5, 0.6) is 5.75 Å². The third-order valence-electron chi connectivity index (χ3n) is 6.96. The number of hydrogen-bond donors (Lipinski definition) is 1. The summed E-state index contributed by atoms with van der Waals surface area (Å²) in [6, 6.07) is 8.75. The quantitative estimate of drug-likeness (QED) is 0.869. The van der Waals surface area contributed by atoms with Crippen LogP contribution in [-0.4, -0.2) is 22.6 Å². The van der Waals surface area contributed by atoms with Gasteiger partial charge in [0.05, 0.1) is 6.26 Å². The van der Waals surface area contributed by atoms with Crippen molar-refractivity contribution < 1.29 is 9.52 Å². The Morgan fingerprint density at radius 1 is 1.28 bits per heavy atom. The normalized spacial score (nSPS) is 28.8. The van der Waals surface area contributed by atoms with Crippen molar-refractivity contribution in [3.8, 4) is 5.75 Å². The molecule has 0 radical (unpaired) electrons. The summed E-state index contributed by atoms with van der Waals surface area (Å²) in [5, 5.41) is 10.1. The van der Waals surface area contributed by atoms with E-state index in [2.05, 4.69) is 37.8 Å². The van der Waals surface area contributed by atoms with Crippen LogP contribution >= 0.6 is 0 Å². The van der Waals surface area contributed by atoms with E-state index in [1.807, 2.05) is 12.1 Å². The Labute approximate surface area is 150 Å². The zero-order chi connectivity index (χ0) is 17.6. The molecule has 1 aromatic heterocycles. The Bertz CT molecular complexity index is 765. The highest BCUT2D eigenvalue weighted by Crippen LogP contribution is 2.53. The first kappa shape index (κ1) is 16.7. The van der Waals surface area contributed by atoms with Crippen molar-refractivity contribution in [1.29, 1.82) is 0 Å². The largest absolute Gasteiger partial charge is 0.508 e. The lowest BCUT2D eigenvalue weighted by Crippen LogP contribution is -2.59. The van der Waals surface area contributed by atoms with E-state index in [1.54, 1.807) is 6.26 Å². The molecule has 3 nitrogen and oxygen atoms in total. The van der Waals surface area contributed by atoms with Crippen molar-refractivity contribution in [2.45, 2.75) is 64.5 Å². The van der Waals surface area contributed by atoms with Crippen LogP contribution in [0, 0.1) is 12.8 Å². The molecule has 0 saturated carbocycles. The summed E-state index contributed by atoms with van der Waals surface area (Å²) in [6.45, 7) is 8.83. The van der Waals surface area contributed by atoms with Gasteiger partial charge in [0.15, 0.2) is 0 Å². The minimum atomic E-state index is 0.216. The molecular formula is C22H29NO2. The number of benzene rings is 1. The number of hydrogen-bond acceptors (Lipinski definition) is 3. The first-order valence-corrected chi connectivity index (χ1v) is 9.68. The molecule has 4 rings (SSSR count). The van der Waals surface area contributed by atoms with Crippen molar-refractivity contribution >= 4 is 0 Å². The SMILES string of the molecule is CC[C@H]1[C@H]2Cc3ccc(O)cc3[C@]1(CC)CCN2Cc1ccoc1C. The van der Waals surface area contributed by atoms with E-state index in [4.69, 9.17) is 4.42 Å². The summed E-state index contributed by atoms with van der Waals surface area (Å²) in [5.41, 5.74) is 4.38. The van der Waals surface area contributed by atoms with Gasteiger partial charge in [-0.3, -0.25) is 4.90 Å². The monoisotopic (exact) mass is 339 g/mol. The fraction of sp³-hybridized carbons (Fsp3) is 0.545. The molecule has 0 amide bonds. The average Bonchev–Trinajstić information content (AvgIpc) is 3.02. The van der Waals surface area contributed by atoms with E-state index in [-0.39, 0.29) is 5.41 Å². The lowest BCUT2D eigenvalue weighted by atomic mass is 9.55. The number of fused-ring (bicyclic) bond motifs is 4. The van der Waals surface area contributed by atoms with Crippen LogP contribution in [0.1, 0.15) is 55.6 Å². The second-order valence-corrected chi connectivity index (χ2v) is 7.86. The van der Waals surface area contributed by atoms with Gasteiger partial charge in [0.1, 0.15) is 11.5 Å². The molecule has 134 valence electrons. The van der Waals surface area contributed by atoms with Gasteiger partial charge < -0.3 is 9.52 Å². The Kier molecular flexibility index (Phi) is 4.15. The Morgan fingerprint density at radius 3 is 2.80 bits per heavy atom. The number of rotatable bonds is 4. The van der Waals surface area contributed by atoms with Crippen LogP contribution in [0.15, 0.2) is 34.9 Å². The fourth-order valence-electron chi connectivity index (χ4n) is 5.64. The molecule has 2 heterocycles. The first-order valence-electron chi connectivity index (χ1n) is 9.68. The maximum atomic E-state index is 10.1. The van der Waals surface area contributed by atoms with E-state index < -0.39 is 0 Å². The Morgan fingerprint density at radius 2 is 2.12 bits per heavy atom. The predicted octanol–water partition coefficient (Wildman–Crippen LogP) is 4.80. The molecule has 2 bridgehead atoms. The van der Waals surface area contributed by atoms with Crippen LogP contribution in [-0.2, 0) is 18.4 Å². The predicted molar refractivity (Wildman–Crippen MR) is 99.8 cm³/mol. The molecule has 1 aliphatic carbocycles. The van der Waals surface area contributed by atoms with Gasteiger partial charge in [0.25, 0.3) is 0 Å². The number of furan rings is 1. The van der Waals surface area contributed by atoms with E-state index in [0.717, 1.165) is 31.7 Å². The molecule has 1 N–H and O–H groups in total. The second kappa shape index (κ2) is 6.21. The van der Waals surface area contributed by atoms with Crippen molar-refractivity contribution in [3.63, 3.8) is 0 Å². The molecule has 1 fully saturated rings. The van der Waals surface area contributed by atoms with Crippen LogP contribution in [0.25, 0.3) is 0 Å². The molecule has 1 aliphatic heterocycles. The third-order valence-corrected chi connectivity index (χ3v) is 6.96. The van der Waals surface area contributed by atoms with Crippen molar-refractivity contribution in [1.82, 2.24) is 4.90 Å². The number of aryl methyl sites for hydroxylation is 1. The highest BCUT2D eigenvalue weighted by molar-refractivity contribution is 5.44. The Hall–Kier alpha value is -1.74. The number of nitrogens with zero attached hydrogens (tertiary/aromatic N) is 1. The summed E-state index contributed by atoms with van der Waals surface area (Å²) in [7, 11) is 0. The van der Waals surface area contributed by atoms with Gasteiger partial charge in [-0.05, 0) is 68.0 Å². The summed E-state index contributed by atoms with van der Waals surface area (Å²) in [5.74, 6) is 2.10. The molecule has 2 aromatic rings. The molecular weight excluding hydrogens is 310 g/mol. The second-order valence-electron chi connectivity index (χ2n) is 7.86. The smallest absolute Gasteiger partial charge is 0.115 e. The minimum absolute atomic E-state index is 0.216. The standard InChI is InChI=1S/C22H29NO2/c1-4-19-21-12-16-6-7-18(24)13-20(16)22(19,5-2)9-10-23(21)14-17-8-11-25-15(17)3/h6-8,11,13,19,21,24H,4-5,9-10,12,14H2,1-3H3/t19-,21+,22+/m0/s1. The molecule has 2 aliphatic rings. The summed E-state index contributed by atoms with van der Waals surface area (Å²) < 4.78 is 5.52. The Balaban J connectivity index is 1.74. The molecule has 0 unspecified atom stereocenters. The van der Waals surface area contributed by atoms with E-state index in [1.165, 1.54) is 29.5 Å². The zero-order valence-corrected chi connectivity index (χ0v) is 15.6. The van der Waals surface area contributed by atoms with E-state index >= 15 is 0 Å². The number of piperidine rings is 1. The molecule has 3 atom stereocenters.